The van der Waals surface area contributed by atoms with E-state index < -0.39 is 41.8 Å². The average Bonchev–Trinajstić information content (AvgIpc) is 3.68. The van der Waals surface area contributed by atoms with Gasteiger partial charge in [-0.1, -0.05) is 261 Å². The zero-order valence-electron chi connectivity index (χ0n) is 58.1. The van der Waals surface area contributed by atoms with E-state index in [-0.39, 0.29) is 0 Å². The Hall–Kier alpha value is -1.03. The molecule has 0 aliphatic heterocycles. The van der Waals surface area contributed by atoms with Gasteiger partial charge in [-0.25, -0.2) is 0 Å². The Morgan fingerprint density at radius 1 is 0.310 bits per heavy atom. The van der Waals surface area contributed by atoms with Crippen LogP contribution in [-0.2, 0) is 36.1 Å². The zero-order valence-corrected chi connectivity index (χ0v) is 60.1. The number of carbonyl (C=O) groups excluding carboxylic acids is 2. The Labute approximate surface area is 523 Å². The van der Waals surface area contributed by atoms with Crippen molar-refractivity contribution in [3.8, 4) is 0 Å². The summed E-state index contributed by atoms with van der Waals surface area (Å²) in [5.74, 6) is -4.12. The molecule has 4 atom stereocenters. The van der Waals surface area contributed by atoms with Gasteiger partial charge in [-0.05, 0) is 51.4 Å². The van der Waals surface area contributed by atoms with Crippen molar-refractivity contribution in [3.63, 3.8) is 0 Å². The number of quaternary nitrogens is 2. The maximum atomic E-state index is 9.63. The third-order valence-electron chi connectivity index (χ3n) is 17.8. The molecule has 0 spiro atoms. The van der Waals surface area contributed by atoms with Crippen molar-refractivity contribution in [2.24, 2.45) is 0 Å². The first-order chi connectivity index (χ1) is 40.4. The maximum absolute atomic E-state index is 9.63. The molecule has 0 saturated heterocycles. The van der Waals surface area contributed by atoms with Crippen LogP contribution >= 0.6 is 0 Å². The fourth-order valence-electron chi connectivity index (χ4n) is 13.2. The van der Waals surface area contributed by atoms with Crippen LogP contribution in [0.3, 0.4) is 0 Å². The third kappa shape index (κ3) is 43.6. The van der Waals surface area contributed by atoms with Crippen molar-refractivity contribution in [2.75, 3.05) is 95.0 Å². The van der Waals surface area contributed by atoms with Crippen LogP contribution in [0.2, 0.25) is 11.1 Å². The molecule has 0 heterocycles. The first-order valence-corrected chi connectivity index (χ1v) is 38.8. The Balaban J connectivity index is -0.00000134. The molecule has 2 N–H and O–H groups in total. The third-order valence-corrected chi connectivity index (χ3v) is 24.0. The number of aliphatic hydroxyl groups is 2. The van der Waals surface area contributed by atoms with E-state index in [9.17, 15) is 19.8 Å². The Bertz CT molecular complexity index is 1280. The molecule has 0 saturated carbocycles. The largest absolute Gasteiger partial charge is 0.547 e. The quantitative estimate of drug-likeness (QED) is 0.0335. The highest BCUT2D eigenvalue weighted by Crippen LogP contribution is 2.31. The summed E-state index contributed by atoms with van der Waals surface area (Å²) in [5.41, 5.74) is 0.613. The Morgan fingerprint density at radius 2 is 0.476 bits per heavy atom. The van der Waals surface area contributed by atoms with E-state index in [4.69, 9.17) is 36.8 Å². The number of hydrogen-bond acceptors (Lipinski definition) is 12. The van der Waals surface area contributed by atoms with Gasteiger partial charge in [0, 0.05) is 42.7 Å². The number of unbranched alkanes of at least 4 members (excludes halogenated alkanes) is 34. The van der Waals surface area contributed by atoms with Gasteiger partial charge in [0.25, 0.3) is 0 Å². The second-order valence-electron chi connectivity index (χ2n) is 25.2. The van der Waals surface area contributed by atoms with Crippen LogP contribution in [0.15, 0.2) is 0 Å². The lowest BCUT2D eigenvalue weighted by Gasteiger charge is -2.43. The van der Waals surface area contributed by atoms with E-state index in [1.54, 1.807) is 42.7 Å². The van der Waals surface area contributed by atoms with Crippen molar-refractivity contribution in [3.05, 3.63) is 0 Å². The van der Waals surface area contributed by atoms with Crippen molar-refractivity contribution in [1.82, 2.24) is 0 Å². The molecule has 0 aromatic heterocycles. The van der Waals surface area contributed by atoms with Crippen LogP contribution in [0.1, 0.15) is 312 Å². The highest BCUT2D eigenvalue weighted by atomic mass is 28.4. The number of nitrogens with zero attached hydrogens (tertiary/aromatic N) is 2. The molecule has 0 aromatic rings. The number of aliphatic hydroxyl groups excluding tert-OH is 2. The molecule has 84 heavy (non-hydrogen) atoms. The lowest BCUT2D eigenvalue weighted by atomic mass is 10.0. The topological polar surface area (TPSA) is 176 Å². The number of hydrogen-bond donors (Lipinski definition) is 2. The minimum atomic E-state index is -2.60. The van der Waals surface area contributed by atoms with Crippen LogP contribution in [-0.4, -0.2) is 156 Å². The average molecular weight is 1240 g/mol. The molecule has 0 amide bonds. The van der Waals surface area contributed by atoms with Gasteiger partial charge >= 0.3 is 17.6 Å². The fourth-order valence-corrected chi connectivity index (χ4v) is 17.8. The first kappa shape index (κ1) is 87.2. The number of carbonyl (C=O) groups is 2. The summed E-state index contributed by atoms with van der Waals surface area (Å²) in [5, 5.41) is 35.7. The number of rotatable bonds is 61. The van der Waals surface area contributed by atoms with Gasteiger partial charge in [0.1, 0.15) is 12.2 Å². The predicted molar refractivity (Wildman–Crippen MR) is 353 cm³/mol. The highest BCUT2D eigenvalue weighted by molar-refractivity contribution is 6.62. The van der Waals surface area contributed by atoms with Crippen molar-refractivity contribution < 1.29 is 65.5 Å². The molecule has 506 valence electrons. The highest BCUT2D eigenvalue weighted by Gasteiger charge is 2.50. The number of aliphatic carboxylic acids is 2. The minimum absolute atomic E-state index is 0.307. The van der Waals surface area contributed by atoms with E-state index in [2.05, 4.69) is 55.4 Å². The first-order valence-electron chi connectivity index (χ1n) is 35.2. The van der Waals surface area contributed by atoms with Crippen LogP contribution in [0.4, 0.5) is 0 Å². The predicted octanol–water partition coefficient (Wildman–Crippen LogP) is 15.1. The van der Waals surface area contributed by atoms with Crippen molar-refractivity contribution >= 4 is 29.5 Å². The summed E-state index contributed by atoms with van der Waals surface area (Å²) in [4.78, 5) is 19.3. The van der Waals surface area contributed by atoms with Crippen molar-refractivity contribution in [1.29, 1.82) is 0 Å². The normalized spacial score (nSPS) is 13.7. The molecule has 16 heteroatoms. The molecule has 14 nitrogen and oxygen atoms in total. The molecule has 0 fully saturated rings. The lowest BCUT2D eigenvalue weighted by molar-refractivity contribution is -0.928. The Morgan fingerprint density at radius 3 is 0.619 bits per heavy atom. The van der Waals surface area contributed by atoms with E-state index in [1.165, 1.54) is 305 Å². The molecule has 4 unspecified atom stereocenters. The molecule has 0 bridgehead atoms. The second-order valence-corrected chi connectivity index (χ2v) is 32.0. The SMILES string of the molecule is CCCCCCCCCCCCCCCCCCCC[N+](CCC)(CCC)CC(C)[Si](OC)(OC)OC.CCCCCCCCCCCCCCCCCCCC[N+](CCC)(CCC)CC(C)[Si](OC)(OC)OC.O=C([O-])C(O)C(O)C(=O)[O-]. The van der Waals surface area contributed by atoms with E-state index >= 15 is 0 Å². The van der Waals surface area contributed by atoms with Crippen LogP contribution in [0, 0.1) is 0 Å². The van der Waals surface area contributed by atoms with Crippen LogP contribution in [0.5, 0.6) is 0 Å². The summed E-state index contributed by atoms with van der Waals surface area (Å²) < 4.78 is 37.3. The minimum Gasteiger partial charge on any atom is -0.547 e. The van der Waals surface area contributed by atoms with E-state index in [0.29, 0.717) is 11.1 Å². The summed E-state index contributed by atoms with van der Waals surface area (Å²) in [6.45, 7) is 28.2. The monoisotopic (exact) mass is 1240 g/mol. The van der Waals surface area contributed by atoms with E-state index in [0.717, 1.165) is 13.1 Å². The smallest absolute Gasteiger partial charge is 0.508 e. The van der Waals surface area contributed by atoms with Crippen molar-refractivity contribution in [2.45, 2.75) is 336 Å². The maximum Gasteiger partial charge on any atom is 0.508 e. The van der Waals surface area contributed by atoms with Gasteiger partial charge in [0.15, 0.2) is 0 Å². The van der Waals surface area contributed by atoms with Gasteiger partial charge in [0.2, 0.25) is 0 Å². The molecule has 0 aromatic carbocycles. The Kier molecular flexibility index (Phi) is 61.8. The molecular formula is C68H144N2O12Si2. The lowest BCUT2D eigenvalue weighted by Crippen LogP contribution is -2.57. The number of carboxylic acid groups (broad SMARTS) is 2. The second kappa shape index (κ2) is 59.6. The standard InChI is InChI=1S/2C32H70NO3Si.C4H6O6/c2*1-8-11-12-13-14-15-16-17-18-19-20-21-22-23-24-25-26-27-30-33(28-9-2,29-10-3)31-32(4)37(34-5,35-6)36-7;5-1(3(7)8)2(6)4(9)10/h2*32H,8-31H2,1-7H3;1-2,5-6H,(H,7,8)(H,9,10)/q2*+1;/p-2. The summed E-state index contributed by atoms with van der Waals surface area (Å²) in [6, 6.07) is 0. The van der Waals surface area contributed by atoms with Crippen LogP contribution < -0.4 is 10.2 Å². The summed E-state index contributed by atoms with van der Waals surface area (Å²) in [6.07, 6.45) is 51.7. The van der Waals surface area contributed by atoms with Gasteiger partial charge in [-0.3, -0.25) is 0 Å². The summed E-state index contributed by atoms with van der Waals surface area (Å²) in [7, 11) is 5.31. The fraction of sp³-hybridized carbons (Fsp3) is 0.971. The zero-order chi connectivity index (χ0) is 63.6. The number of carboxylic acids is 2. The van der Waals surface area contributed by atoms with Crippen LogP contribution in [0.25, 0.3) is 0 Å². The van der Waals surface area contributed by atoms with Gasteiger partial charge < -0.3 is 65.5 Å². The molecule has 0 rings (SSSR count). The van der Waals surface area contributed by atoms with Gasteiger partial charge in [-0.15, -0.1) is 0 Å². The molecule has 0 aliphatic carbocycles. The van der Waals surface area contributed by atoms with Gasteiger partial charge in [0.05, 0.1) is 75.4 Å². The summed E-state index contributed by atoms with van der Waals surface area (Å²) >= 11 is 0. The molecular weight excluding hydrogens is 1090 g/mol. The van der Waals surface area contributed by atoms with Gasteiger partial charge in [-0.2, -0.15) is 0 Å². The molecule has 0 radical (unpaired) electrons. The van der Waals surface area contributed by atoms with E-state index in [1.807, 2.05) is 0 Å². The molecule has 0 aliphatic rings.